The normalized spacial score (nSPS) is 14.5. The molecule has 2 N–H and O–H groups in total. The maximum absolute atomic E-state index is 12.9. The second-order valence-electron chi connectivity index (χ2n) is 7.60. The number of benzene rings is 1. The number of nitrogens with zero attached hydrogens (tertiary/aromatic N) is 3. The van der Waals surface area contributed by atoms with Crippen molar-refractivity contribution in [3.63, 3.8) is 0 Å². The van der Waals surface area contributed by atoms with E-state index in [4.69, 9.17) is 10.4 Å². The quantitative estimate of drug-likeness (QED) is 0.615. The Kier molecular flexibility index (Phi) is 5.77. The summed E-state index contributed by atoms with van der Waals surface area (Å²) in [6, 6.07) is 11.2. The molecule has 0 saturated heterocycles. The van der Waals surface area contributed by atoms with Gasteiger partial charge in [-0.3, -0.25) is 14.1 Å². The van der Waals surface area contributed by atoms with Crippen LogP contribution >= 0.6 is 0 Å². The summed E-state index contributed by atoms with van der Waals surface area (Å²) in [5.74, 6) is 0. The fourth-order valence-corrected chi connectivity index (χ4v) is 4.00. The number of fused-ring (bicyclic) bond motifs is 1. The van der Waals surface area contributed by atoms with Crippen LogP contribution in [0.25, 0.3) is 22.5 Å². The smallest absolute Gasteiger partial charge is 0.258 e. The van der Waals surface area contributed by atoms with E-state index < -0.39 is 0 Å². The van der Waals surface area contributed by atoms with E-state index in [9.17, 15) is 4.79 Å². The topological polar surface area (TPSA) is 73.5 Å². The maximum atomic E-state index is 12.9. The van der Waals surface area contributed by atoms with E-state index in [2.05, 4.69) is 29.3 Å². The highest BCUT2D eigenvalue weighted by atomic mass is 16.1. The minimum Gasteiger partial charge on any atom is -0.388 e. The molecule has 0 radical (unpaired) electrons. The maximum Gasteiger partial charge on any atom is 0.258 e. The number of rotatable bonds is 6. The molecule has 6 nitrogen and oxygen atoms in total. The summed E-state index contributed by atoms with van der Waals surface area (Å²) < 4.78 is 1.62. The van der Waals surface area contributed by atoms with Gasteiger partial charge in [0.15, 0.2) is 0 Å². The minimum absolute atomic E-state index is 0.102. The molecule has 154 valence electrons. The SMILES string of the molecule is CCCN1CC=C(c2ccc3nc(-c4ccc(NC)c(C=N)c4)cc(=O)n3c2)CC1. The fourth-order valence-electron chi connectivity index (χ4n) is 4.00. The first kappa shape index (κ1) is 20.0. The monoisotopic (exact) mass is 401 g/mol. The summed E-state index contributed by atoms with van der Waals surface area (Å²) >= 11 is 0. The van der Waals surface area contributed by atoms with Gasteiger partial charge in [-0.15, -0.1) is 0 Å². The molecule has 3 heterocycles. The van der Waals surface area contributed by atoms with Gasteiger partial charge in [0.1, 0.15) is 5.65 Å². The largest absolute Gasteiger partial charge is 0.388 e. The lowest BCUT2D eigenvalue weighted by Crippen LogP contribution is -2.29. The van der Waals surface area contributed by atoms with Crippen LogP contribution in [-0.4, -0.2) is 47.2 Å². The Bertz CT molecular complexity index is 1180. The molecular weight excluding hydrogens is 374 g/mol. The van der Waals surface area contributed by atoms with Gasteiger partial charge in [-0.2, -0.15) is 0 Å². The Hall–Kier alpha value is -3.25. The molecule has 0 atom stereocenters. The number of hydrogen-bond acceptors (Lipinski definition) is 5. The van der Waals surface area contributed by atoms with Crippen molar-refractivity contribution in [3.05, 3.63) is 70.2 Å². The predicted octanol–water partition coefficient (Wildman–Crippen LogP) is 3.90. The molecule has 4 rings (SSSR count). The van der Waals surface area contributed by atoms with Crippen molar-refractivity contribution in [3.8, 4) is 11.3 Å². The zero-order chi connectivity index (χ0) is 21.1. The second kappa shape index (κ2) is 8.63. The number of aromatic nitrogens is 2. The van der Waals surface area contributed by atoms with Gasteiger partial charge < -0.3 is 10.7 Å². The Balaban J connectivity index is 1.69. The van der Waals surface area contributed by atoms with Crippen LogP contribution in [0.4, 0.5) is 5.69 Å². The van der Waals surface area contributed by atoms with Crippen LogP contribution in [0.15, 0.2) is 53.5 Å². The summed E-state index contributed by atoms with van der Waals surface area (Å²) in [6.07, 6.45) is 7.64. The average Bonchev–Trinajstić information content (AvgIpc) is 2.79. The van der Waals surface area contributed by atoms with Gasteiger partial charge in [-0.25, -0.2) is 4.98 Å². The number of hydrogen-bond donors (Lipinski definition) is 2. The lowest BCUT2D eigenvalue weighted by atomic mass is 10.0. The van der Waals surface area contributed by atoms with Crippen molar-refractivity contribution in [2.75, 3.05) is 32.0 Å². The molecule has 0 unspecified atom stereocenters. The molecule has 1 aliphatic heterocycles. The summed E-state index contributed by atoms with van der Waals surface area (Å²) in [5, 5.41) is 10.7. The first-order valence-corrected chi connectivity index (χ1v) is 10.4. The third-order valence-corrected chi connectivity index (χ3v) is 5.64. The van der Waals surface area contributed by atoms with Crippen molar-refractivity contribution < 1.29 is 0 Å². The van der Waals surface area contributed by atoms with Crippen molar-refractivity contribution >= 4 is 23.1 Å². The van der Waals surface area contributed by atoms with E-state index in [0.29, 0.717) is 11.3 Å². The van der Waals surface area contributed by atoms with Gasteiger partial charge in [-0.1, -0.05) is 19.1 Å². The number of pyridine rings is 1. The molecule has 1 aromatic carbocycles. The summed E-state index contributed by atoms with van der Waals surface area (Å²) in [6.45, 7) is 5.35. The Morgan fingerprint density at radius 3 is 2.73 bits per heavy atom. The van der Waals surface area contributed by atoms with Crippen molar-refractivity contribution in [2.24, 2.45) is 0 Å². The molecule has 0 aliphatic carbocycles. The van der Waals surface area contributed by atoms with Crippen LogP contribution in [0.5, 0.6) is 0 Å². The van der Waals surface area contributed by atoms with E-state index in [1.165, 1.54) is 18.2 Å². The molecule has 0 saturated carbocycles. The van der Waals surface area contributed by atoms with Gasteiger partial charge in [0, 0.05) is 55.4 Å². The van der Waals surface area contributed by atoms with Crippen molar-refractivity contribution in [2.45, 2.75) is 19.8 Å². The highest BCUT2D eigenvalue weighted by Gasteiger charge is 2.14. The standard InChI is InChI=1S/C24H27N5O/c1-3-10-28-11-8-17(9-12-28)19-5-7-23-27-22(14-24(30)29(23)16-19)18-4-6-21(26-2)20(13-18)15-25/h4-8,13-16,25-26H,3,9-12H2,1-2H3. The second-order valence-corrected chi connectivity index (χ2v) is 7.60. The number of anilines is 1. The van der Waals surface area contributed by atoms with E-state index in [1.54, 1.807) is 10.5 Å². The van der Waals surface area contributed by atoms with Crippen LogP contribution in [0.1, 0.15) is 30.9 Å². The molecule has 1 aliphatic rings. The van der Waals surface area contributed by atoms with Crippen LogP contribution in [0.2, 0.25) is 0 Å². The molecule has 6 heteroatoms. The van der Waals surface area contributed by atoms with Crippen LogP contribution in [0.3, 0.4) is 0 Å². The van der Waals surface area contributed by atoms with Crippen LogP contribution < -0.4 is 10.9 Å². The van der Waals surface area contributed by atoms with Crippen LogP contribution in [-0.2, 0) is 0 Å². The van der Waals surface area contributed by atoms with Crippen molar-refractivity contribution in [1.29, 1.82) is 5.41 Å². The van der Waals surface area contributed by atoms with E-state index in [1.807, 2.05) is 37.5 Å². The number of nitrogens with one attached hydrogen (secondary N) is 2. The Labute approximate surface area is 176 Å². The predicted molar refractivity (Wildman–Crippen MR) is 124 cm³/mol. The zero-order valence-corrected chi connectivity index (χ0v) is 17.5. The fraction of sp³-hybridized carbons (Fsp3) is 0.292. The molecule has 0 bridgehead atoms. The highest BCUT2D eigenvalue weighted by molar-refractivity contribution is 5.88. The summed E-state index contributed by atoms with van der Waals surface area (Å²) in [7, 11) is 1.82. The molecule has 0 fully saturated rings. The van der Waals surface area contributed by atoms with Crippen molar-refractivity contribution in [1.82, 2.24) is 14.3 Å². The third-order valence-electron chi connectivity index (χ3n) is 5.64. The van der Waals surface area contributed by atoms with Gasteiger partial charge in [-0.05, 0) is 54.8 Å². The van der Waals surface area contributed by atoms with E-state index >= 15 is 0 Å². The molecule has 2 aromatic heterocycles. The highest BCUT2D eigenvalue weighted by Crippen LogP contribution is 2.25. The molecule has 0 spiro atoms. The third kappa shape index (κ3) is 3.91. The molecular formula is C24H27N5O. The lowest BCUT2D eigenvalue weighted by molar-refractivity contribution is 0.302. The zero-order valence-electron chi connectivity index (χ0n) is 17.5. The van der Waals surface area contributed by atoms with Gasteiger partial charge >= 0.3 is 0 Å². The van der Waals surface area contributed by atoms with Gasteiger partial charge in [0.2, 0.25) is 0 Å². The summed E-state index contributed by atoms with van der Waals surface area (Å²) in [4.78, 5) is 20.0. The van der Waals surface area contributed by atoms with Gasteiger partial charge in [0.05, 0.1) is 5.69 Å². The molecule has 0 amide bonds. The minimum atomic E-state index is -0.102. The first-order valence-electron chi connectivity index (χ1n) is 10.4. The summed E-state index contributed by atoms with van der Waals surface area (Å²) in [5.41, 5.74) is 5.96. The van der Waals surface area contributed by atoms with E-state index in [0.717, 1.165) is 48.4 Å². The average molecular weight is 402 g/mol. The van der Waals surface area contributed by atoms with Crippen LogP contribution in [0, 0.1) is 5.41 Å². The Morgan fingerprint density at radius 1 is 1.20 bits per heavy atom. The molecule has 30 heavy (non-hydrogen) atoms. The first-order chi connectivity index (χ1) is 14.6. The Morgan fingerprint density at radius 2 is 2.03 bits per heavy atom. The lowest BCUT2D eigenvalue weighted by Gasteiger charge is -2.26. The molecule has 3 aromatic rings. The van der Waals surface area contributed by atoms with E-state index in [-0.39, 0.29) is 5.56 Å². The van der Waals surface area contributed by atoms with Gasteiger partial charge in [0.25, 0.3) is 5.56 Å².